The van der Waals surface area contributed by atoms with Crippen LogP contribution in [0.2, 0.25) is 5.02 Å². The van der Waals surface area contributed by atoms with Gasteiger partial charge in [-0.05, 0) is 50.9 Å². The Bertz CT molecular complexity index is 1450. The van der Waals surface area contributed by atoms with Crippen LogP contribution in [0.25, 0.3) is 17.1 Å². The van der Waals surface area contributed by atoms with Gasteiger partial charge in [-0.3, -0.25) is 4.90 Å². The normalized spacial score (nSPS) is 18.6. The average Bonchev–Trinajstić information content (AvgIpc) is 3.32. The molecule has 9 nitrogen and oxygen atoms in total. The zero-order chi connectivity index (χ0) is 27.9. The SMILES string of the molecule is CC(c1cccc(-n2cnc(-c3nc(NC4CCN(S(C)(=O)=O)CC4)ncc3C(F)(F)F)c2)c1Cl)N1CCC1. The van der Waals surface area contributed by atoms with Crippen LogP contribution in [0.1, 0.15) is 43.4 Å². The second-order valence-corrected chi connectivity index (χ2v) is 12.3. The van der Waals surface area contributed by atoms with Crippen molar-refractivity contribution in [3.63, 3.8) is 0 Å². The van der Waals surface area contributed by atoms with Crippen molar-refractivity contribution in [2.45, 2.75) is 44.4 Å². The summed E-state index contributed by atoms with van der Waals surface area (Å²) in [5.41, 5.74) is 0.219. The zero-order valence-corrected chi connectivity index (χ0v) is 23.1. The van der Waals surface area contributed by atoms with Crippen molar-refractivity contribution < 1.29 is 21.6 Å². The number of rotatable bonds is 7. The second-order valence-electron chi connectivity index (χ2n) is 9.95. The van der Waals surface area contributed by atoms with Crippen LogP contribution in [0.5, 0.6) is 0 Å². The number of likely N-dealkylation sites (tertiary alicyclic amines) is 1. The van der Waals surface area contributed by atoms with Crippen molar-refractivity contribution >= 4 is 27.6 Å². The lowest BCUT2D eigenvalue weighted by atomic mass is 10.0. The molecule has 2 saturated heterocycles. The number of benzene rings is 1. The van der Waals surface area contributed by atoms with E-state index in [0.717, 1.165) is 37.5 Å². The first-order chi connectivity index (χ1) is 18.4. The molecule has 1 N–H and O–H groups in total. The Labute approximate surface area is 230 Å². The fourth-order valence-corrected chi connectivity index (χ4v) is 6.18. The molecule has 210 valence electrons. The van der Waals surface area contributed by atoms with E-state index in [-0.39, 0.29) is 29.4 Å². The predicted octanol–water partition coefficient (Wildman–Crippen LogP) is 4.60. The third kappa shape index (κ3) is 5.91. The van der Waals surface area contributed by atoms with Crippen molar-refractivity contribution in [3.05, 3.63) is 53.1 Å². The number of alkyl halides is 3. The molecule has 0 radical (unpaired) electrons. The third-order valence-electron chi connectivity index (χ3n) is 7.35. The Morgan fingerprint density at radius 3 is 2.46 bits per heavy atom. The Balaban J connectivity index is 1.42. The second kappa shape index (κ2) is 10.7. The van der Waals surface area contributed by atoms with Gasteiger partial charge < -0.3 is 9.88 Å². The summed E-state index contributed by atoms with van der Waals surface area (Å²) in [5.74, 6) is 0.0220. The minimum Gasteiger partial charge on any atom is -0.351 e. The summed E-state index contributed by atoms with van der Waals surface area (Å²) in [4.78, 5) is 14.6. The molecule has 1 aromatic carbocycles. The topological polar surface area (TPSA) is 96.2 Å². The minimum atomic E-state index is -4.69. The summed E-state index contributed by atoms with van der Waals surface area (Å²) in [6.45, 7) is 4.70. The van der Waals surface area contributed by atoms with Crippen LogP contribution in [0.3, 0.4) is 0 Å². The van der Waals surface area contributed by atoms with Gasteiger partial charge in [0.2, 0.25) is 16.0 Å². The van der Waals surface area contributed by atoms with Crippen LogP contribution in [-0.4, -0.2) is 75.6 Å². The molecule has 1 unspecified atom stereocenters. The molecule has 0 spiro atoms. The van der Waals surface area contributed by atoms with E-state index >= 15 is 0 Å². The maximum absolute atomic E-state index is 13.9. The lowest BCUT2D eigenvalue weighted by Crippen LogP contribution is -2.42. The molecule has 4 heterocycles. The summed E-state index contributed by atoms with van der Waals surface area (Å²) < 4.78 is 68.2. The quantitative estimate of drug-likeness (QED) is 0.434. The van der Waals surface area contributed by atoms with E-state index in [0.29, 0.717) is 36.6 Å². The summed E-state index contributed by atoms with van der Waals surface area (Å²) in [5, 5.41) is 3.58. The number of hydrogen-bond acceptors (Lipinski definition) is 7. The largest absolute Gasteiger partial charge is 0.420 e. The van der Waals surface area contributed by atoms with Crippen LogP contribution in [0.15, 0.2) is 36.9 Å². The smallest absolute Gasteiger partial charge is 0.351 e. The van der Waals surface area contributed by atoms with Crippen LogP contribution in [-0.2, 0) is 16.2 Å². The van der Waals surface area contributed by atoms with Crippen LogP contribution < -0.4 is 5.32 Å². The van der Waals surface area contributed by atoms with Crippen LogP contribution in [0, 0.1) is 0 Å². The number of nitrogens with one attached hydrogen (secondary N) is 1. The first-order valence-corrected chi connectivity index (χ1v) is 14.9. The minimum absolute atomic E-state index is 0.0220. The molecule has 14 heteroatoms. The average molecular weight is 584 g/mol. The highest BCUT2D eigenvalue weighted by Crippen LogP contribution is 2.37. The van der Waals surface area contributed by atoms with Crippen molar-refractivity contribution in [2.75, 3.05) is 37.8 Å². The number of halogens is 4. The summed E-state index contributed by atoms with van der Waals surface area (Å²) in [6, 6.07) is 5.55. The molecule has 5 rings (SSSR count). The Morgan fingerprint density at radius 2 is 1.85 bits per heavy atom. The molecule has 0 bridgehead atoms. The highest BCUT2D eigenvalue weighted by atomic mass is 35.5. The molecule has 2 aromatic heterocycles. The van der Waals surface area contributed by atoms with Gasteiger partial charge in [-0.25, -0.2) is 27.7 Å². The summed E-state index contributed by atoms with van der Waals surface area (Å²) in [7, 11) is -3.29. The van der Waals surface area contributed by atoms with Gasteiger partial charge in [0.1, 0.15) is 23.3 Å². The van der Waals surface area contributed by atoms with Crippen molar-refractivity contribution in [3.8, 4) is 17.1 Å². The number of hydrogen-bond donors (Lipinski definition) is 1. The molecule has 0 aliphatic carbocycles. The summed E-state index contributed by atoms with van der Waals surface area (Å²) in [6.07, 6.45) is 2.21. The van der Waals surface area contributed by atoms with E-state index < -0.39 is 21.8 Å². The van der Waals surface area contributed by atoms with Crippen LogP contribution in [0.4, 0.5) is 19.1 Å². The summed E-state index contributed by atoms with van der Waals surface area (Å²) >= 11 is 6.76. The third-order valence-corrected chi connectivity index (χ3v) is 9.07. The van der Waals surface area contributed by atoms with Gasteiger partial charge in [-0.15, -0.1) is 0 Å². The molecular weight excluding hydrogens is 555 g/mol. The molecule has 2 fully saturated rings. The first-order valence-electron chi connectivity index (χ1n) is 12.6. The Kier molecular flexibility index (Phi) is 7.61. The number of nitrogens with zero attached hydrogens (tertiary/aromatic N) is 6. The molecule has 0 saturated carbocycles. The van der Waals surface area contributed by atoms with E-state index in [1.807, 2.05) is 12.1 Å². The zero-order valence-electron chi connectivity index (χ0n) is 21.5. The van der Waals surface area contributed by atoms with Gasteiger partial charge in [0.25, 0.3) is 0 Å². The predicted molar refractivity (Wildman–Crippen MR) is 142 cm³/mol. The molecule has 39 heavy (non-hydrogen) atoms. The van der Waals surface area contributed by atoms with E-state index in [9.17, 15) is 21.6 Å². The number of aromatic nitrogens is 4. The molecule has 1 atom stereocenters. The van der Waals surface area contributed by atoms with E-state index in [1.165, 1.54) is 16.8 Å². The first kappa shape index (κ1) is 27.8. The Morgan fingerprint density at radius 1 is 1.13 bits per heavy atom. The number of piperidine rings is 1. The highest BCUT2D eigenvalue weighted by Gasteiger charge is 2.36. The maximum atomic E-state index is 13.9. The lowest BCUT2D eigenvalue weighted by Gasteiger charge is -2.37. The fraction of sp³-hybridized carbons (Fsp3) is 0.480. The van der Waals surface area contributed by atoms with Gasteiger partial charge in [-0.1, -0.05) is 23.7 Å². The fourth-order valence-electron chi connectivity index (χ4n) is 4.93. The monoisotopic (exact) mass is 583 g/mol. The molecule has 3 aromatic rings. The van der Waals surface area contributed by atoms with Gasteiger partial charge in [0, 0.05) is 37.6 Å². The van der Waals surface area contributed by atoms with Gasteiger partial charge in [-0.2, -0.15) is 13.2 Å². The molecule has 0 amide bonds. The Hall–Kier alpha value is -2.74. The van der Waals surface area contributed by atoms with Gasteiger partial charge in [0.05, 0.1) is 17.0 Å². The number of imidazole rings is 1. The van der Waals surface area contributed by atoms with E-state index in [2.05, 4.69) is 32.1 Å². The molecule has 2 aliphatic rings. The van der Waals surface area contributed by atoms with Crippen molar-refractivity contribution in [1.82, 2.24) is 28.7 Å². The molecule has 2 aliphatic heterocycles. The van der Waals surface area contributed by atoms with E-state index in [4.69, 9.17) is 11.6 Å². The van der Waals surface area contributed by atoms with Crippen LogP contribution >= 0.6 is 11.6 Å². The van der Waals surface area contributed by atoms with Crippen molar-refractivity contribution in [2.24, 2.45) is 0 Å². The van der Waals surface area contributed by atoms with Gasteiger partial charge in [0.15, 0.2) is 0 Å². The molecular formula is C25H29ClF3N7O2S. The highest BCUT2D eigenvalue weighted by molar-refractivity contribution is 7.88. The number of sulfonamides is 1. The number of anilines is 1. The van der Waals surface area contributed by atoms with Gasteiger partial charge >= 0.3 is 6.18 Å². The van der Waals surface area contributed by atoms with Crippen molar-refractivity contribution in [1.29, 1.82) is 0 Å². The maximum Gasteiger partial charge on any atom is 0.420 e. The lowest BCUT2D eigenvalue weighted by molar-refractivity contribution is -0.137. The van der Waals surface area contributed by atoms with E-state index in [1.54, 1.807) is 10.6 Å². The standard InChI is InChI=1S/C25H29ClF3N7O2S/c1-16(34-9-4-10-34)18-5-3-6-21(22(18)26)35-14-20(31-15-35)23-19(25(27,28)29)13-30-24(33-23)32-17-7-11-36(12-8-17)39(2,37)38/h3,5-6,13-17H,4,7-12H2,1-2H3,(H,30,32,33).